The number of likely N-dealkylation sites (N-methyl/N-ethyl adjacent to an activating group) is 1. The zero-order valence-electron chi connectivity index (χ0n) is 15.2. The molecule has 25 heavy (non-hydrogen) atoms. The number of nitrogens with zero attached hydrogens (tertiary/aromatic N) is 2. The van der Waals surface area contributed by atoms with Crippen molar-refractivity contribution in [3.63, 3.8) is 0 Å². The van der Waals surface area contributed by atoms with Gasteiger partial charge in [0.05, 0.1) is 26.3 Å². The molecule has 1 aliphatic rings. The maximum absolute atomic E-state index is 12.1. The minimum absolute atomic E-state index is 0.0832. The van der Waals surface area contributed by atoms with Crippen molar-refractivity contribution < 1.29 is 14.3 Å². The van der Waals surface area contributed by atoms with E-state index in [4.69, 9.17) is 4.74 Å². The number of carbonyl (C=O) groups excluding carboxylic acids is 2. The molecule has 0 bridgehead atoms. The van der Waals surface area contributed by atoms with Crippen LogP contribution in [0.4, 0.5) is 11.4 Å². The van der Waals surface area contributed by atoms with Crippen molar-refractivity contribution >= 4 is 23.2 Å². The summed E-state index contributed by atoms with van der Waals surface area (Å²) < 4.78 is 5.35. The third-order valence-corrected chi connectivity index (χ3v) is 3.80. The Kier molecular flexibility index (Phi) is 7.21. The Bertz CT molecular complexity index is 568. The molecule has 2 amide bonds. The summed E-state index contributed by atoms with van der Waals surface area (Å²) in [4.78, 5) is 27.7. The number of ether oxygens (including phenoxy) is 1. The smallest absolute Gasteiger partial charge is 0.238 e. The number of morpholine rings is 1. The van der Waals surface area contributed by atoms with Crippen LogP contribution >= 0.6 is 0 Å². The van der Waals surface area contributed by atoms with Gasteiger partial charge in [0.15, 0.2) is 0 Å². The predicted molar refractivity (Wildman–Crippen MR) is 98.9 cm³/mol. The number of hydrogen-bond donors (Lipinski definition) is 2. The molecule has 1 aromatic rings. The summed E-state index contributed by atoms with van der Waals surface area (Å²) in [5.41, 5.74) is 1.88. The molecule has 0 aliphatic carbocycles. The molecule has 0 saturated carbocycles. The number of anilines is 2. The van der Waals surface area contributed by atoms with Gasteiger partial charge in [0.2, 0.25) is 11.8 Å². The maximum atomic E-state index is 12.1. The molecule has 1 fully saturated rings. The third kappa shape index (κ3) is 6.72. The number of amides is 2. The van der Waals surface area contributed by atoms with Gasteiger partial charge >= 0.3 is 0 Å². The van der Waals surface area contributed by atoms with Crippen molar-refractivity contribution in [2.45, 2.75) is 19.9 Å². The van der Waals surface area contributed by atoms with Crippen molar-refractivity contribution in [3.05, 3.63) is 24.3 Å². The molecule has 0 radical (unpaired) electrons. The van der Waals surface area contributed by atoms with Gasteiger partial charge in [-0.1, -0.05) is 0 Å². The van der Waals surface area contributed by atoms with Crippen LogP contribution in [0.2, 0.25) is 0 Å². The van der Waals surface area contributed by atoms with Crippen LogP contribution in [0.25, 0.3) is 0 Å². The minimum atomic E-state index is -0.140. The molecule has 138 valence electrons. The van der Waals surface area contributed by atoms with Gasteiger partial charge in [-0.3, -0.25) is 14.5 Å². The first-order valence-electron chi connectivity index (χ1n) is 8.64. The number of benzene rings is 1. The minimum Gasteiger partial charge on any atom is -0.378 e. The molecule has 1 saturated heterocycles. The van der Waals surface area contributed by atoms with Crippen molar-refractivity contribution in [1.29, 1.82) is 0 Å². The Morgan fingerprint density at radius 2 is 1.72 bits per heavy atom. The Labute approximate surface area is 149 Å². The van der Waals surface area contributed by atoms with Gasteiger partial charge in [0.25, 0.3) is 0 Å². The molecule has 1 aromatic carbocycles. The van der Waals surface area contributed by atoms with E-state index in [1.165, 1.54) is 0 Å². The van der Waals surface area contributed by atoms with Crippen LogP contribution in [0.5, 0.6) is 0 Å². The van der Waals surface area contributed by atoms with Gasteiger partial charge in [0.1, 0.15) is 0 Å². The van der Waals surface area contributed by atoms with Gasteiger partial charge in [-0.2, -0.15) is 0 Å². The Morgan fingerprint density at radius 3 is 2.32 bits per heavy atom. The van der Waals surface area contributed by atoms with E-state index in [0.29, 0.717) is 0 Å². The highest BCUT2D eigenvalue weighted by atomic mass is 16.5. The molecule has 1 aliphatic heterocycles. The van der Waals surface area contributed by atoms with E-state index in [-0.39, 0.29) is 30.9 Å². The molecule has 7 nitrogen and oxygen atoms in total. The zero-order chi connectivity index (χ0) is 18.2. The fourth-order valence-corrected chi connectivity index (χ4v) is 2.69. The van der Waals surface area contributed by atoms with E-state index in [1.54, 1.807) is 11.9 Å². The van der Waals surface area contributed by atoms with Crippen LogP contribution < -0.4 is 15.5 Å². The highest BCUT2D eigenvalue weighted by Gasteiger charge is 2.13. The first-order chi connectivity index (χ1) is 11.9. The summed E-state index contributed by atoms with van der Waals surface area (Å²) in [7, 11) is 1.75. The summed E-state index contributed by atoms with van der Waals surface area (Å²) in [6, 6.07) is 7.89. The molecule has 0 aromatic heterocycles. The molecule has 0 atom stereocenters. The summed E-state index contributed by atoms with van der Waals surface area (Å²) in [5, 5.41) is 5.67. The Balaban J connectivity index is 1.78. The second-order valence-electron chi connectivity index (χ2n) is 6.59. The first kappa shape index (κ1) is 19.2. The lowest BCUT2D eigenvalue weighted by Gasteiger charge is -2.28. The zero-order valence-corrected chi connectivity index (χ0v) is 15.2. The topological polar surface area (TPSA) is 73.9 Å². The number of rotatable bonds is 7. The summed E-state index contributed by atoms with van der Waals surface area (Å²) >= 11 is 0. The molecule has 7 heteroatoms. The quantitative estimate of drug-likeness (QED) is 0.766. The number of nitrogens with one attached hydrogen (secondary N) is 2. The standard InChI is InChI=1S/C18H28N4O3/c1-14(2)19-17(23)12-21(3)13-18(24)20-15-4-6-16(7-5-15)22-8-10-25-11-9-22/h4-7,14H,8-13H2,1-3H3,(H,19,23)(H,20,24). The lowest BCUT2D eigenvalue weighted by atomic mass is 10.2. The second-order valence-corrected chi connectivity index (χ2v) is 6.59. The van der Waals surface area contributed by atoms with Crippen molar-refractivity contribution in [2.24, 2.45) is 0 Å². The van der Waals surface area contributed by atoms with Gasteiger partial charge in [0, 0.05) is 30.5 Å². The molecule has 0 spiro atoms. The van der Waals surface area contributed by atoms with Crippen LogP contribution in [0.3, 0.4) is 0 Å². The summed E-state index contributed by atoms with van der Waals surface area (Å²) in [5.74, 6) is -0.223. The van der Waals surface area contributed by atoms with Crippen molar-refractivity contribution in [1.82, 2.24) is 10.2 Å². The number of carbonyl (C=O) groups is 2. The molecular weight excluding hydrogens is 320 g/mol. The van der Waals surface area contributed by atoms with E-state index in [9.17, 15) is 9.59 Å². The van der Waals surface area contributed by atoms with Crippen LogP contribution in [0.15, 0.2) is 24.3 Å². The molecule has 2 N–H and O–H groups in total. The highest BCUT2D eigenvalue weighted by molar-refractivity contribution is 5.92. The van der Waals surface area contributed by atoms with Crippen LogP contribution in [-0.4, -0.2) is 69.2 Å². The van der Waals surface area contributed by atoms with Gasteiger partial charge in [-0.25, -0.2) is 0 Å². The monoisotopic (exact) mass is 348 g/mol. The fourth-order valence-electron chi connectivity index (χ4n) is 2.69. The average molecular weight is 348 g/mol. The summed E-state index contributed by atoms with van der Waals surface area (Å²) in [6.07, 6.45) is 0. The summed E-state index contributed by atoms with van der Waals surface area (Å²) in [6.45, 7) is 7.43. The van der Waals surface area contributed by atoms with E-state index in [0.717, 1.165) is 37.7 Å². The van der Waals surface area contributed by atoms with E-state index < -0.39 is 0 Å². The van der Waals surface area contributed by atoms with Gasteiger partial charge in [-0.15, -0.1) is 0 Å². The normalized spacial score (nSPS) is 14.7. The molecule has 2 rings (SSSR count). The van der Waals surface area contributed by atoms with Gasteiger partial charge < -0.3 is 20.3 Å². The van der Waals surface area contributed by atoms with Crippen molar-refractivity contribution in [3.8, 4) is 0 Å². The highest BCUT2D eigenvalue weighted by Crippen LogP contribution is 2.18. The fraction of sp³-hybridized carbons (Fsp3) is 0.556. The molecule has 0 unspecified atom stereocenters. The number of hydrogen-bond acceptors (Lipinski definition) is 5. The lowest BCUT2D eigenvalue weighted by Crippen LogP contribution is -2.41. The van der Waals surface area contributed by atoms with Crippen LogP contribution in [0.1, 0.15) is 13.8 Å². The SMILES string of the molecule is CC(C)NC(=O)CN(C)CC(=O)Nc1ccc(N2CCOCC2)cc1. The van der Waals surface area contributed by atoms with Crippen molar-refractivity contribution in [2.75, 3.05) is 56.7 Å². The van der Waals surface area contributed by atoms with Crippen LogP contribution in [-0.2, 0) is 14.3 Å². The largest absolute Gasteiger partial charge is 0.378 e. The van der Waals surface area contributed by atoms with E-state index >= 15 is 0 Å². The lowest BCUT2D eigenvalue weighted by molar-refractivity contribution is -0.123. The first-order valence-corrected chi connectivity index (χ1v) is 8.64. The maximum Gasteiger partial charge on any atom is 0.238 e. The molecule has 1 heterocycles. The Morgan fingerprint density at radius 1 is 1.12 bits per heavy atom. The van der Waals surface area contributed by atoms with Gasteiger partial charge in [-0.05, 0) is 45.2 Å². The van der Waals surface area contributed by atoms with E-state index in [2.05, 4.69) is 15.5 Å². The second kappa shape index (κ2) is 9.39. The van der Waals surface area contributed by atoms with Crippen LogP contribution in [0, 0.1) is 0 Å². The third-order valence-electron chi connectivity index (χ3n) is 3.80. The predicted octanol–water partition coefficient (Wildman–Crippen LogP) is 0.918. The average Bonchev–Trinajstić information content (AvgIpc) is 2.55. The Hall–Kier alpha value is -2.12. The molecular formula is C18H28N4O3. The van der Waals surface area contributed by atoms with E-state index in [1.807, 2.05) is 38.1 Å².